The fourth-order valence-electron chi connectivity index (χ4n) is 4.08. The summed E-state index contributed by atoms with van der Waals surface area (Å²) in [7, 11) is 1.89. The van der Waals surface area contributed by atoms with Crippen LogP contribution in [0.25, 0.3) is 0 Å². The molecule has 0 aliphatic heterocycles. The van der Waals surface area contributed by atoms with Crippen molar-refractivity contribution in [2.24, 2.45) is 0 Å². The number of hydrazine groups is 1. The van der Waals surface area contributed by atoms with Crippen molar-refractivity contribution in [3.63, 3.8) is 0 Å². The predicted octanol–water partition coefficient (Wildman–Crippen LogP) is 5.62. The molecule has 0 aliphatic carbocycles. The Morgan fingerprint density at radius 2 is 0.893 bits per heavy atom. The molecule has 0 unspecified atom stereocenters. The first-order valence-electron chi connectivity index (χ1n) is 9.56. The number of benzene rings is 4. The maximum Gasteiger partial charge on any atom is 0.0722 e. The van der Waals surface area contributed by atoms with E-state index in [1.54, 1.807) is 0 Å². The number of para-hydroxylation sites is 1. The van der Waals surface area contributed by atoms with E-state index in [0.717, 1.165) is 5.69 Å². The third-order valence-electron chi connectivity index (χ3n) is 5.21. The fourth-order valence-corrected chi connectivity index (χ4v) is 4.08. The Morgan fingerprint density at radius 3 is 1.32 bits per heavy atom. The highest BCUT2D eigenvalue weighted by atomic mass is 15.3. The molecule has 0 fully saturated rings. The number of anilines is 1. The van der Waals surface area contributed by atoms with Gasteiger partial charge in [-0.3, -0.25) is 0 Å². The van der Waals surface area contributed by atoms with Crippen LogP contribution in [-0.2, 0) is 5.41 Å². The highest BCUT2D eigenvalue weighted by Gasteiger charge is 2.39. The SMILES string of the molecule is CNNc1ccccc1C(c1ccccc1)(c1ccccc1)c1ccccc1. The predicted molar refractivity (Wildman–Crippen MR) is 117 cm³/mol. The van der Waals surface area contributed by atoms with E-state index in [1.807, 2.05) is 7.05 Å². The van der Waals surface area contributed by atoms with Crippen LogP contribution in [0, 0.1) is 0 Å². The van der Waals surface area contributed by atoms with Crippen molar-refractivity contribution in [1.82, 2.24) is 5.43 Å². The Kier molecular flexibility index (Phi) is 5.22. The zero-order valence-corrected chi connectivity index (χ0v) is 16.0. The van der Waals surface area contributed by atoms with Gasteiger partial charge in [-0.2, -0.15) is 0 Å². The van der Waals surface area contributed by atoms with Gasteiger partial charge in [-0.05, 0) is 28.3 Å². The van der Waals surface area contributed by atoms with Gasteiger partial charge < -0.3 is 5.43 Å². The molecule has 0 atom stereocenters. The van der Waals surface area contributed by atoms with Gasteiger partial charge in [-0.25, -0.2) is 5.43 Å². The zero-order chi connectivity index (χ0) is 19.2. The van der Waals surface area contributed by atoms with Crippen molar-refractivity contribution in [3.05, 3.63) is 138 Å². The molecule has 0 heterocycles. The topological polar surface area (TPSA) is 24.1 Å². The van der Waals surface area contributed by atoms with Gasteiger partial charge in [0, 0.05) is 7.05 Å². The molecule has 0 bridgehead atoms. The molecule has 0 aromatic heterocycles. The third-order valence-corrected chi connectivity index (χ3v) is 5.21. The van der Waals surface area contributed by atoms with Crippen molar-refractivity contribution in [2.45, 2.75) is 5.41 Å². The largest absolute Gasteiger partial charge is 0.321 e. The smallest absolute Gasteiger partial charge is 0.0722 e. The quantitative estimate of drug-likeness (QED) is 0.343. The van der Waals surface area contributed by atoms with Crippen molar-refractivity contribution in [3.8, 4) is 0 Å². The highest BCUT2D eigenvalue weighted by Crippen LogP contribution is 2.47. The first-order valence-corrected chi connectivity index (χ1v) is 9.56. The molecule has 138 valence electrons. The van der Waals surface area contributed by atoms with Gasteiger partial charge in [-0.15, -0.1) is 0 Å². The first-order chi connectivity index (χ1) is 13.9. The number of hydrogen-bond acceptors (Lipinski definition) is 2. The Labute approximate surface area is 166 Å². The summed E-state index contributed by atoms with van der Waals surface area (Å²) < 4.78 is 0. The van der Waals surface area contributed by atoms with Crippen molar-refractivity contribution in [2.75, 3.05) is 12.5 Å². The lowest BCUT2D eigenvalue weighted by Gasteiger charge is -2.38. The summed E-state index contributed by atoms with van der Waals surface area (Å²) in [5.74, 6) is 0. The summed E-state index contributed by atoms with van der Waals surface area (Å²) in [5, 5.41) is 0. The minimum atomic E-state index is -0.440. The fraction of sp³-hybridized carbons (Fsp3) is 0.0769. The van der Waals surface area contributed by atoms with Gasteiger partial charge in [0.05, 0.1) is 11.1 Å². The summed E-state index contributed by atoms with van der Waals surface area (Å²) in [4.78, 5) is 0. The molecule has 0 amide bonds. The Hall–Kier alpha value is -3.36. The molecule has 2 N–H and O–H groups in total. The lowest BCUT2D eigenvalue weighted by atomic mass is 9.64. The molecule has 4 rings (SSSR count). The maximum absolute atomic E-state index is 3.34. The average Bonchev–Trinajstić information content (AvgIpc) is 2.78. The summed E-state index contributed by atoms with van der Waals surface area (Å²) in [6, 6.07) is 40.7. The molecular formula is C26H24N2. The van der Waals surface area contributed by atoms with E-state index >= 15 is 0 Å². The Balaban J connectivity index is 2.14. The summed E-state index contributed by atoms with van der Waals surface area (Å²) in [6.07, 6.45) is 0. The molecule has 0 radical (unpaired) electrons. The van der Waals surface area contributed by atoms with Crippen molar-refractivity contribution >= 4 is 5.69 Å². The van der Waals surface area contributed by atoms with Crippen LogP contribution in [0.2, 0.25) is 0 Å². The van der Waals surface area contributed by atoms with Gasteiger partial charge in [-0.1, -0.05) is 109 Å². The van der Waals surface area contributed by atoms with Crippen LogP contribution in [-0.4, -0.2) is 7.05 Å². The van der Waals surface area contributed by atoms with Crippen LogP contribution in [0.15, 0.2) is 115 Å². The lowest BCUT2D eigenvalue weighted by Crippen LogP contribution is -2.32. The second-order valence-corrected chi connectivity index (χ2v) is 6.77. The molecule has 4 aromatic rings. The Morgan fingerprint density at radius 1 is 0.500 bits per heavy atom. The second kappa shape index (κ2) is 8.12. The minimum Gasteiger partial charge on any atom is -0.321 e. The summed E-state index contributed by atoms with van der Waals surface area (Å²) in [5.41, 5.74) is 12.0. The maximum atomic E-state index is 3.34. The van der Waals surface area contributed by atoms with Crippen LogP contribution >= 0.6 is 0 Å². The minimum absolute atomic E-state index is 0.440. The van der Waals surface area contributed by atoms with Gasteiger partial charge in [0.1, 0.15) is 0 Å². The molecule has 28 heavy (non-hydrogen) atoms. The van der Waals surface area contributed by atoms with E-state index in [-0.39, 0.29) is 0 Å². The third kappa shape index (κ3) is 3.08. The first kappa shape index (κ1) is 18.0. The van der Waals surface area contributed by atoms with Crippen LogP contribution in [0.1, 0.15) is 22.3 Å². The molecule has 0 saturated heterocycles. The number of rotatable bonds is 6. The van der Waals surface area contributed by atoms with Crippen LogP contribution < -0.4 is 10.9 Å². The summed E-state index contributed by atoms with van der Waals surface area (Å²) >= 11 is 0. The molecule has 0 saturated carbocycles. The molecule has 0 spiro atoms. The van der Waals surface area contributed by atoms with E-state index in [4.69, 9.17) is 0 Å². The van der Waals surface area contributed by atoms with Crippen molar-refractivity contribution in [1.29, 1.82) is 0 Å². The van der Waals surface area contributed by atoms with Gasteiger partial charge >= 0.3 is 0 Å². The monoisotopic (exact) mass is 364 g/mol. The van der Waals surface area contributed by atoms with Gasteiger partial charge in [0.25, 0.3) is 0 Å². The van der Waals surface area contributed by atoms with E-state index in [2.05, 4.69) is 126 Å². The van der Waals surface area contributed by atoms with E-state index in [9.17, 15) is 0 Å². The van der Waals surface area contributed by atoms with Gasteiger partial charge in [0.2, 0.25) is 0 Å². The molecular weight excluding hydrogens is 340 g/mol. The lowest BCUT2D eigenvalue weighted by molar-refractivity contribution is 0.743. The van der Waals surface area contributed by atoms with Crippen LogP contribution in [0.4, 0.5) is 5.69 Å². The Bertz CT molecular complexity index is 915. The van der Waals surface area contributed by atoms with E-state index < -0.39 is 5.41 Å². The van der Waals surface area contributed by atoms with Crippen LogP contribution in [0.3, 0.4) is 0 Å². The normalized spacial score (nSPS) is 11.2. The summed E-state index contributed by atoms with van der Waals surface area (Å²) in [6.45, 7) is 0. The van der Waals surface area contributed by atoms with Crippen LogP contribution in [0.5, 0.6) is 0 Å². The number of hydrogen-bond donors (Lipinski definition) is 2. The van der Waals surface area contributed by atoms with E-state index in [0.29, 0.717) is 0 Å². The second-order valence-electron chi connectivity index (χ2n) is 6.77. The standard InChI is InChI=1S/C26H24N2/c1-27-28-25-20-12-11-19-24(25)26(21-13-5-2-6-14-21,22-15-7-3-8-16-22)23-17-9-4-10-18-23/h2-20,27-28H,1H3. The molecule has 2 nitrogen and oxygen atoms in total. The zero-order valence-electron chi connectivity index (χ0n) is 16.0. The van der Waals surface area contributed by atoms with E-state index in [1.165, 1.54) is 22.3 Å². The molecule has 2 heteroatoms. The van der Waals surface area contributed by atoms with Gasteiger partial charge in [0.15, 0.2) is 0 Å². The molecule has 4 aromatic carbocycles. The highest BCUT2D eigenvalue weighted by molar-refractivity contribution is 5.67. The van der Waals surface area contributed by atoms with Crippen molar-refractivity contribution < 1.29 is 0 Å². The number of nitrogens with one attached hydrogen (secondary N) is 2. The molecule has 0 aliphatic rings. The average molecular weight is 364 g/mol.